The second-order valence-electron chi connectivity index (χ2n) is 7.01. The Labute approximate surface area is 156 Å². The molecule has 1 atom stereocenters. The number of rotatable bonds is 4. The summed E-state index contributed by atoms with van der Waals surface area (Å²) in [7, 11) is 0. The van der Waals surface area contributed by atoms with E-state index in [9.17, 15) is 22.8 Å². The Morgan fingerprint density at radius 3 is 2.78 bits per heavy atom. The zero-order valence-corrected chi connectivity index (χ0v) is 15.0. The van der Waals surface area contributed by atoms with Crippen LogP contribution in [0, 0.1) is 0 Å². The molecule has 2 fully saturated rings. The summed E-state index contributed by atoms with van der Waals surface area (Å²) in [6.45, 7) is 1.75. The number of carbonyl (C=O) groups excluding carboxylic acids is 2. The van der Waals surface area contributed by atoms with Crippen LogP contribution in [0.15, 0.2) is 24.3 Å². The van der Waals surface area contributed by atoms with E-state index < -0.39 is 11.7 Å². The first kappa shape index (κ1) is 19.7. The van der Waals surface area contributed by atoms with Crippen molar-refractivity contribution in [1.29, 1.82) is 0 Å². The number of halogens is 3. The van der Waals surface area contributed by atoms with Crippen LogP contribution in [0.1, 0.15) is 30.4 Å². The van der Waals surface area contributed by atoms with Gasteiger partial charge in [-0.3, -0.25) is 9.59 Å². The molecule has 0 bridgehead atoms. The van der Waals surface area contributed by atoms with Gasteiger partial charge >= 0.3 is 6.18 Å². The van der Waals surface area contributed by atoms with Gasteiger partial charge in [0.05, 0.1) is 24.8 Å². The lowest BCUT2D eigenvalue weighted by Gasteiger charge is -2.35. The predicted octanol–water partition coefficient (Wildman–Crippen LogP) is 2.49. The molecular weight excluding hydrogens is 361 g/mol. The van der Waals surface area contributed by atoms with Crippen molar-refractivity contribution in [2.45, 2.75) is 38.0 Å². The highest BCUT2D eigenvalue weighted by Gasteiger charge is 2.31. The first-order valence-electron chi connectivity index (χ1n) is 9.16. The Morgan fingerprint density at radius 1 is 1.22 bits per heavy atom. The van der Waals surface area contributed by atoms with E-state index in [0.717, 1.165) is 25.0 Å². The quantitative estimate of drug-likeness (QED) is 0.802. The molecule has 2 amide bonds. The minimum atomic E-state index is -4.38. The number of ether oxygens (including phenoxy) is 1. The molecule has 2 aliphatic rings. The fourth-order valence-corrected chi connectivity index (χ4v) is 3.50. The van der Waals surface area contributed by atoms with E-state index in [4.69, 9.17) is 4.74 Å². The van der Waals surface area contributed by atoms with E-state index in [-0.39, 0.29) is 24.5 Å². The Hall–Kier alpha value is -2.09. The maximum atomic E-state index is 12.9. The molecule has 0 N–H and O–H groups in total. The van der Waals surface area contributed by atoms with Crippen LogP contribution in [0.2, 0.25) is 0 Å². The number of nitrogens with zero attached hydrogens (tertiary/aromatic N) is 2. The second-order valence-corrected chi connectivity index (χ2v) is 7.01. The summed E-state index contributed by atoms with van der Waals surface area (Å²) in [6, 6.07) is 5.17. The molecule has 0 unspecified atom stereocenters. The zero-order chi connectivity index (χ0) is 19.4. The molecule has 0 saturated carbocycles. The predicted molar refractivity (Wildman–Crippen MR) is 91.9 cm³/mol. The molecule has 3 rings (SSSR count). The first-order chi connectivity index (χ1) is 12.8. The molecule has 27 heavy (non-hydrogen) atoms. The van der Waals surface area contributed by atoms with E-state index >= 15 is 0 Å². The standard InChI is InChI=1S/C19H23F3N2O3/c20-19(21,22)15-5-3-4-14(10-15)11-16-12-24(8-9-27-16)18(26)13-23-7-2-1-6-17(23)25/h3-5,10,16H,1-2,6-9,11-13H2/t16-/m0/s1. The molecule has 2 aliphatic heterocycles. The molecule has 0 aromatic heterocycles. The zero-order valence-electron chi connectivity index (χ0n) is 15.0. The molecule has 0 radical (unpaired) electrons. The summed E-state index contributed by atoms with van der Waals surface area (Å²) >= 11 is 0. The number of morpholine rings is 1. The fraction of sp³-hybridized carbons (Fsp3) is 0.579. The molecule has 0 spiro atoms. The van der Waals surface area contributed by atoms with Crippen LogP contribution in [-0.4, -0.2) is 60.5 Å². The third kappa shape index (κ3) is 5.22. The van der Waals surface area contributed by atoms with Crippen molar-refractivity contribution in [1.82, 2.24) is 9.80 Å². The number of amides is 2. The van der Waals surface area contributed by atoms with Gasteiger partial charge in [0.2, 0.25) is 11.8 Å². The molecule has 1 aromatic carbocycles. The summed E-state index contributed by atoms with van der Waals surface area (Å²) in [5.74, 6) is -0.133. The third-order valence-corrected chi connectivity index (χ3v) is 4.96. The van der Waals surface area contributed by atoms with Gasteiger partial charge in [0.15, 0.2) is 0 Å². The molecule has 0 aliphatic carbocycles. The van der Waals surface area contributed by atoms with Gasteiger partial charge in [0.1, 0.15) is 0 Å². The van der Waals surface area contributed by atoms with E-state index in [1.807, 2.05) is 0 Å². The second kappa shape index (κ2) is 8.29. The molecule has 148 valence electrons. The fourth-order valence-electron chi connectivity index (χ4n) is 3.50. The van der Waals surface area contributed by atoms with Crippen LogP contribution in [0.5, 0.6) is 0 Å². The maximum absolute atomic E-state index is 12.9. The lowest BCUT2D eigenvalue weighted by molar-refractivity contribution is -0.146. The average Bonchev–Trinajstić information content (AvgIpc) is 2.63. The number of carbonyl (C=O) groups is 2. The van der Waals surface area contributed by atoms with Gasteiger partial charge < -0.3 is 14.5 Å². The van der Waals surface area contributed by atoms with Crippen molar-refractivity contribution >= 4 is 11.8 Å². The van der Waals surface area contributed by atoms with Crippen LogP contribution in [0.25, 0.3) is 0 Å². The van der Waals surface area contributed by atoms with Gasteiger partial charge in [-0.15, -0.1) is 0 Å². The molecule has 2 saturated heterocycles. The number of hydrogen-bond acceptors (Lipinski definition) is 3. The highest BCUT2D eigenvalue weighted by Crippen LogP contribution is 2.30. The lowest BCUT2D eigenvalue weighted by atomic mass is 10.0. The summed E-state index contributed by atoms with van der Waals surface area (Å²) in [4.78, 5) is 27.6. The van der Waals surface area contributed by atoms with E-state index in [0.29, 0.717) is 44.6 Å². The number of likely N-dealkylation sites (tertiary alicyclic amines) is 1. The molecule has 1 aromatic rings. The largest absolute Gasteiger partial charge is 0.416 e. The minimum Gasteiger partial charge on any atom is -0.374 e. The normalized spacial score (nSPS) is 21.4. The van der Waals surface area contributed by atoms with Crippen molar-refractivity contribution in [3.05, 3.63) is 35.4 Å². The first-order valence-corrected chi connectivity index (χ1v) is 9.16. The molecular formula is C19H23F3N2O3. The van der Waals surface area contributed by atoms with Gasteiger partial charge in [-0.2, -0.15) is 13.2 Å². The summed E-state index contributed by atoms with van der Waals surface area (Å²) in [5, 5.41) is 0. The van der Waals surface area contributed by atoms with Gasteiger partial charge in [-0.1, -0.05) is 18.2 Å². The van der Waals surface area contributed by atoms with E-state index in [1.165, 1.54) is 6.07 Å². The third-order valence-electron chi connectivity index (χ3n) is 4.96. The Kier molecular flexibility index (Phi) is 6.04. The molecule has 8 heteroatoms. The van der Waals surface area contributed by atoms with Crippen molar-refractivity contribution in [2.24, 2.45) is 0 Å². The van der Waals surface area contributed by atoms with E-state index in [2.05, 4.69) is 0 Å². The molecule has 5 nitrogen and oxygen atoms in total. The summed E-state index contributed by atoms with van der Waals surface area (Å²) in [5.41, 5.74) is -0.164. The Balaban J connectivity index is 1.57. The number of alkyl halides is 3. The number of hydrogen-bond donors (Lipinski definition) is 0. The van der Waals surface area contributed by atoms with Gasteiger partial charge in [-0.05, 0) is 24.5 Å². The van der Waals surface area contributed by atoms with Crippen LogP contribution < -0.4 is 0 Å². The van der Waals surface area contributed by atoms with E-state index in [1.54, 1.807) is 15.9 Å². The van der Waals surface area contributed by atoms with Crippen LogP contribution in [0.4, 0.5) is 13.2 Å². The highest BCUT2D eigenvalue weighted by atomic mass is 19.4. The topological polar surface area (TPSA) is 49.9 Å². The number of benzene rings is 1. The van der Waals surface area contributed by atoms with Crippen molar-refractivity contribution < 1.29 is 27.5 Å². The summed E-state index contributed by atoms with van der Waals surface area (Å²) in [6.07, 6.45) is -2.19. The SMILES string of the molecule is O=C1CCCCN1CC(=O)N1CCO[C@@H](Cc2cccc(C(F)(F)F)c2)C1. The maximum Gasteiger partial charge on any atom is 0.416 e. The lowest BCUT2D eigenvalue weighted by Crippen LogP contribution is -2.51. The monoisotopic (exact) mass is 384 g/mol. The van der Waals surface area contributed by atoms with Gasteiger partial charge in [0, 0.05) is 32.5 Å². The molecule has 2 heterocycles. The minimum absolute atomic E-state index is 0.00313. The van der Waals surface area contributed by atoms with Crippen molar-refractivity contribution in [3.63, 3.8) is 0 Å². The van der Waals surface area contributed by atoms with Crippen molar-refractivity contribution in [2.75, 3.05) is 32.8 Å². The van der Waals surface area contributed by atoms with Crippen molar-refractivity contribution in [3.8, 4) is 0 Å². The highest BCUT2D eigenvalue weighted by molar-refractivity contribution is 5.85. The Bertz CT molecular complexity index is 693. The van der Waals surface area contributed by atoms with Crippen LogP contribution >= 0.6 is 0 Å². The smallest absolute Gasteiger partial charge is 0.374 e. The average molecular weight is 384 g/mol. The van der Waals surface area contributed by atoms with Crippen LogP contribution in [0.3, 0.4) is 0 Å². The van der Waals surface area contributed by atoms with Gasteiger partial charge in [-0.25, -0.2) is 0 Å². The van der Waals surface area contributed by atoms with Crippen LogP contribution in [-0.2, 0) is 26.9 Å². The number of piperidine rings is 1. The summed E-state index contributed by atoms with van der Waals surface area (Å²) < 4.78 is 44.2. The van der Waals surface area contributed by atoms with Gasteiger partial charge in [0.25, 0.3) is 0 Å². The Morgan fingerprint density at radius 2 is 2.04 bits per heavy atom.